The zero-order valence-electron chi connectivity index (χ0n) is 13.0. The van der Waals surface area contributed by atoms with E-state index in [1.165, 1.54) is 21.8 Å². The van der Waals surface area contributed by atoms with E-state index in [0.717, 1.165) is 12.2 Å². The van der Waals surface area contributed by atoms with Gasteiger partial charge in [-0.15, -0.1) is 5.10 Å². The third-order valence-corrected chi connectivity index (χ3v) is 3.48. The van der Waals surface area contributed by atoms with E-state index >= 15 is 0 Å². The molecule has 0 aliphatic carbocycles. The zero-order valence-corrected chi connectivity index (χ0v) is 15.0. The van der Waals surface area contributed by atoms with E-state index in [2.05, 4.69) is 30.7 Å². The second-order valence-corrected chi connectivity index (χ2v) is 4.97. The third kappa shape index (κ3) is 3.32. The van der Waals surface area contributed by atoms with Crippen LogP contribution in [-0.4, -0.2) is 54.5 Å². The summed E-state index contributed by atoms with van der Waals surface area (Å²) in [7, 11) is 0. The van der Waals surface area contributed by atoms with E-state index < -0.39 is 5.88 Å². The van der Waals surface area contributed by atoms with Gasteiger partial charge in [-0.2, -0.15) is 5.10 Å². The van der Waals surface area contributed by atoms with Crippen molar-refractivity contribution >= 4 is 0 Å². The first kappa shape index (κ1) is 17.0. The van der Waals surface area contributed by atoms with Crippen molar-refractivity contribution in [3.05, 3.63) is 36.5 Å². The standard InChI is InChI=1S/C13H14N8O2.Na/c22-12-11(20-5-3-16-19-20)7-21(18-12)13-15-2-1-9(17-13)10-8-23-6-4-14-10;/h1-3,5,7,10,14H,4,6,8H2,(H,18,22);/q;+1/p-1. The molecule has 0 amide bonds. The van der Waals surface area contributed by atoms with Gasteiger partial charge in [-0.1, -0.05) is 5.21 Å². The summed E-state index contributed by atoms with van der Waals surface area (Å²) in [4.78, 5) is 8.64. The number of hydrogen-bond acceptors (Lipinski definition) is 8. The average Bonchev–Trinajstić information content (AvgIpc) is 3.25. The number of aromatic nitrogens is 7. The molecule has 3 aromatic rings. The predicted octanol–water partition coefficient (Wildman–Crippen LogP) is -4.02. The van der Waals surface area contributed by atoms with Gasteiger partial charge in [0, 0.05) is 18.6 Å². The maximum atomic E-state index is 12.0. The van der Waals surface area contributed by atoms with Crippen LogP contribution >= 0.6 is 0 Å². The molecule has 1 atom stereocenters. The molecule has 0 spiro atoms. The van der Waals surface area contributed by atoms with Crippen LogP contribution in [0, 0.1) is 0 Å². The monoisotopic (exact) mass is 336 g/mol. The molecule has 1 fully saturated rings. The van der Waals surface area contributed by atoms with Crippen LogP contribution in [0.5, 0.6) is 5.88 Å². The molecule has 0 bridgehead atoms. The fourth-order valence-corrected chi connectivity index (χ4v) is 2.37. The molecule has 1 aliphatic rings. The Bertz CT molecular complexity index is 800. The van der Waals surface area contributed by atoms with Gasteiger partial charge in [0.25, 0.3) is 5.95 Å². The molecule has 10 nitrogen and oxygen atoms in total. The Labute approximate surface area is 159 Å². The van der Waals surface area contributed by atoms with Crippen LogP contribution in [0.1, 0.15) is 11.7 Å². The summed E-state index contributed by atoms with van der Waals surface area (Å²) in [6.07, 6.45) is 6.22. The summed E-state index contributed by atoms with van der Waals surface area (Å²) in [6.45, 7) is 2.01. The summed E-state index contributed by atoms with van der Waals surface area (Å²) in [5.74, 6) is -0.109. The van der Waals surface area contributed by atoms with Crippen LogP contribution in [0.4, 0.5) is 0 Å². The van der Waals surface area contributed by atoms with Crippen molar-refractivity contribution in [3.63, 3.8) is 0 Å². The Morgan fingerprint density at radius 2 is 2.21 bits per heavy atom. The number of hydrogen-bond donors (Lipinski definition) is 1. The van der Waals surface area contributed by atoms with Crippen LogP contribution in [0.25, 0.3) is 11.6 Å². The van der Waals surface area contributed by atoms with E-state index in [1.54, 1.807) is 12.4 Å². The molecular weight excluding hydrogens is 323 g/mol. The smallest absolute Gasteiger partial charge is 0.856 e. The molecule has 4 heterocycles. The van der Waals surface area contributed by atoms with Gasteiger partial charge in [-0.25, -0.2) is 19.3 Å². The third-order valence-electron chi connectivity index (χ3n) is 3.48. The van der Waals surface area contributed by atoms with E-state index in [1.807, 2.05) is 6.07 Å². The molecule has 0 aromatic carbocycles. The van der Waals surface area contributed by atoms with Gasteiger partial charge < -0.3 is 15.2 Å². The molecule has 118 valence electrons. The van der Waals surface area contributed by atoms with Crippen molar-refractivity contribution in [1.29, 1.82) is 0 Å². The molecule has 11 heteroatoms. The molecule has 0 saturated carbocycles. The minimum Gasteiger partial charge on any atom is -0.856 e. The Morgan fingerprint density at radius 1 is 1.29 bits per heavy atom. The molecular formula is C13H13N8NaO2. The number of rotatable bonds is 3. The van der Waals surface area contributed by atoms with E-state index in [0.29, 0.717) is 19.2 Å². The maximum Gasteiger partial charge on any atom is 1.00 e. The van der Waals surface area contributed by atoms with Crippen molar-refractivity contribution in [2.75, 3.05) is 19.8 Å². The fourth-order valence-electron chi connectivity index (χ4n) is 2.37. The summed E-state index contributed by atoms with van der Waals surface area (Å²) in [6, 6.07) is 1.82. The molecule has 1 unspecified atom stereocenters. The van der Waals surface area contributed by atoms with Crippen molar-refractivity contribution < 1.29 is 39.4 Å². The number of nitrogens with zero attached hydrogens (tertiary/aromatic N) is 7. The Kier molecular flexibility index (Phi) is 5.21. The number of ether oxygens (including phenoxy) is 1. The van der Waals surface area contributed by atoms with Crippen molar-refractivity contribution in [2.24, 2.45) is 0 Å². The average molecular weight is 336 g/mol. The van der Waals surface area contributed by atoms with E-state index in [4.69, 9.17) is 4.74 Å². The maximum absolute atomic E-state index is 12.0. The largest absolute Gasteiger partial charge is 1.00 e. The van der Waals surface area contributed by atoms with Gasteiger partial charge in [0.2, 0.25) is 0 Å². The molecule has 1 aliphatic heterocycles. The molecule has 1 N–H and O–H groups in total. The minimum absolute atomic E-state index is 0. The second-order valence-electron chi connectivity index (χ2n) is 4.97. The van der Waals surface area contributed by atoms with Crippen LogP contribution in [0.2, 0.25) is 0 Å². The number of nitrogens with one attached hydrogen (secondary N) is 1. The second kappa shape index (κ2) is 7.36. The molecule has 24 heavy (non-hydrogen) atoms. The van der Waals surface area contributed by atoms with Crippen LogP contribution in [0.15, 0.2) is 30.9 Å². The summed E-state index contributed by atoms with van der Waals surface area (Å²) in [5.41, 5.74) is 1.08. The minimum atomic E-state index is -0.427. The summed E-state index contributed by atoms with van der Waals surface area (Å²) < 4.78 is 8.13. The van der Waals surface area contributed by atoms with Gasteiger partial charge in [0.05, 0.1) is 49.2 Å². The normalized spacial score (nSPS) is 17.4. The summed E-state index contributed by atoms with van der Waals surface area (Å²) >= 11 is 0. The molecule has 0 radical (unpaired) electrons. The molecule has 4 rings (SSSR count). The topological polar surface area (TPSA) is 119 Å². The van der Waals surface area contributed by atoms with Crippen LogP contribution in [0.3, 0.4) is 0 Å². The fraction of sp³-hybridized carbons (Fsp3) is 0.308. The van der Waals surface area contributed by atoms with Crippen LogP contribution < -0.4 is 40.0 Å². The Morgan fingerprint density at radius 3 is 2.96 bits per heavy atom. The summed E-state index contributed by atoms with van der Waals surface area (Å²) in [5, 5.41) is 26.7. The van der Waals surface area contributed by atoms with Gasteiger partial charge in [0.1, 0.15) is 0 Å². The predicted molar refractivity (Wildman–Crippen MR) is 75.1 cm³/mol. The SMILES string of the molecule is [Na+].[O-]c1nn(-c2nccc(C3COCCN3)n2)cc1-n1ccnn1. The zero-order chi connectivity index (χ0) is 15.6. The first-order valence-corrected chi connectivity index (χ1v) is 7.09. The Balaban J connectivity index is 0.00000169. The van der Waals surface area contributed by atoms with Gasteiger partial charge in [0.15, 0.2) is 0 Å². The van der Waals surface area contributed by atoms with Crippen molar-refractivity contribution in [3.8, 4) is 17.5 Å². The van der Waals surface area contributed by atoms with Gasteiger partial charge in [-0.05, 0) is 6.07 Å². The van der Waals surface area contributed by atoms with Gasteiger partial charge in [-0.3, -0.25) is 0 Å². The van der Waals surface area contributed by atoms with Gasteiger partial charge >= 0.3 is 29.6 Å². The Hall–Kier alpha value is -1.85. The number of morpholine rings is 1. The quantitative estimate of drug-likeness (QED) is 0.481. The van der Waals surface area contributed by atoms with E-state index in [-0.39, 0.29) is 41.3 Å². The first-order valence-electron chi connectivity index (χ1n) is 7.09. The van der Waals surface area contributed by atoms with Crippen molar-refractivity contribution in [2.45, 2.75) is 6.04 Å². The molecule has 1 saturated heterocycles. The van der Waals surface area contributed by atoms with Crippen LogP contribution in [-0.2, 0) is 4.74 Å². The first-order chi connectivity index (χ1) is 11.3. The van der Waals surface area contributed by atoms with Crippen molar-refractivity contribution in [1.82, 2.24) is 40.1 Å². The van der Waals surface area contributed by atoms with E-state index in [9.17, 15) is 5.11 Å². The molecule has 3 aromatic heterocycles.